The fourth-order valence-electron chi connectivity index (χ4n) is 2.69. The van der Waals surface area contributed by atoms with Crippen molar-refractivity contribution in [1.82, 2.24) is 4.98 Å². The molecule has 3 rings (SSSR count). The van der Waals surface area contributed by atoms with Gasteiger partial charge in [-0.15, -0.1) is 0 Å². The third-order valence-corrected chi connectivity index (χ3v) is 4.68. The van der Waals surface area contributed by atoms with Gasteiger partial charge in [0.05, 0.1) is 11.2 Å². The van der Waals surface area contributed by atoms with Gasteiger partial charge in [-0.05, 0) is 64.0 Å². The van der Waals surface area contributed by atoms with Crippen LogP contribution in [-0.2, 0) is 9.31 Å². The molecule has 106 valence electrons. The lowest BCUT2D eigenvalue weighted by Crippen LogP contribution is -2.41. The van der Waals surface area contributed by atoms with Gasteiger partial charge < -0.3 is 14.3 Å². The molecule has 0 unspecified atom stereocenters. The van der Waals surface area contributed by atoms with E-state index >= 15 is 0 Å². The van der Waals surface area contributed by atoms with E-state index in [1.54, 1.807) is 0 Å². The SMILES string of the molecule is Cc1cc2c(B3OC(C)(C)C(C)(C)O3)ccc(C)c2[nH]1. The number of rotatable bonds is 1. The molecule has 0 radical (unpaired) electrons. The first-order chi connectivity index (χ1) is 9.21. The van der Waals surface area contributed by atoms with Crippen LogP contribution in [0, 0.1) is 13.8 Å². The minimum absolute atomic E-state index is 0.305. The predicted molar refractivity (Wildman–Crippen MR) is 83.5 cm³/mol. The number of hydrogen-bond donors (Lipinski definition) is 1. The van der Waals surface area contributed by atoms with Crippen molar-refractivity contribution in [2.24, 2.45) is 0 Å². The zero-order valence-electron chi connectivity index (χ0n) is 13.1. The van der Waals surface area contributed by atoms with Crippen LogP contribution in [0.4, 0.5) is 0 Å². The number of H-pyrrole nitrogens is 1. The zero-order valence-corrected chi connectivity index (χ0v) is 13.1. The molecule has 1 aromatic carbocycles. The van der Waals surface area contributed by atoms with E-state index in [0.29, 0.717) is 0 Å². The fourth-order valence-corrected chi connectivity index (χ4v) is 2.69. The van der Waals surface area contributed by atoms with Gasteiger partial charge in [0.15, 0.2) is 0 Å². The number of benzene rings is 1. The third kappa shape index (κ3) is 1.90. The Kier molecular flexibility index (Phi) is 2.83. The lowest BCUT2D eigenvalue weighted by molar-refractivity contribution is 0.00578. The molecule has 0 atom stereocenters. The first-order valence-electron chi connectivity index (χ1n) is 7.16. The maximum atomic E-state index is 6.17. The van der Waals surface area contributed by atoms with Crippen LogP contribution in [0.5, 0.6) is 0 Å². The van der Waals surface area contributed by atoms with E-state index in [2.05, 4.69) is 64.7 Å². The normalized spacial score (nSPS) is 20.8. The number of aryl methyl sites for hydroxylation is 2. The van der Waals surface area contributed by atoms with Crippen molar-refractivity contribution in [3.05, 3.63) is 29.5 Å². The minimum atomic E-state index is -0.307. The average Bonchev–Trinajstić information content (AvgIpc) is 2.78. The highest BCUT2D eigenvalue weighted by Crippen LogP contribution is 2.37. The molecule has 2 aromatic rings. The summed E-state index contributed by atoms with van der Waals surface area (Å²) in [7, 11) is -0.307. The molecule has 2 heterocycles. The molecular formula is C16H22BNO2. The Morgan fingerprint density at radius 3 is 2.20 bits per heavy atom. The Labute approximate surface area is 120 Å². The van der Waals surface area contributed by atoms with Crippen molar-refractivity contribution in [2.45, 2.75) is 52.7 Å². The highest BCUT2D eigenvalue weighted by atomic mass is 16.7. The van der Waals surface area contributed by atoms with Crippen LogP contribution >= 0.6 is 0 Å². The van der Waals surface area contributed by atoms with Gasteiger partial charge in [-0.2, -0.15) is 0 Å². The summed E-state index contributed by atoms with van der Waals surface area (Å²) in [6.45, 7) is 12.5. The maximum absolute atomic E-state index is 6.17. The van der Waals surface area contributed by atoms with Crippen LogP contribution in [-0.4, -0.2) is 23.3 Å². The fraction of sp³-hybridized carbons (Fsp3) is 0.500. The van der Waals surface area contributed by atoms with Crippen LogP contribution in [0.25, 0.3) is 10.9 Å². The molecule has 1 aliphatic heterocycles. The molecule has 20 heavy (non-hydrogen) atoms. The average molecular weight is 271 g/mol. The predicted octanol–water partition coefficient (Wildman–Crippen LogP) is 3.08. The number of hydrogen-bond acceptors (Lipinski definition) is 2. The quantitative estimate of drug-likeness (QED) is 0.809. The van der Waals surface area contributed by atoms with Crippen molar-refractivity contribution in [3.8, 4) is 0 Å². The van der Waals surface area contributed by atoms with Crippen molar-refractivity contribution in [2.75, 3.05) is 0 Å². The van der Waals surface area contributed by atoms with Crippen molar-refractivity contribution >= 4 is 23.5 Å². The summed E-state index contributed by atoms with van der Waals surface area (Å²) in [4.78, 5) is 3.42. The van der Waals surface area contributed by atoms with E-state index in [0.717, 1.165) is 11.2 Å². The first-order valence-corrected chi connectivity index (χ1v) is 7.16. The molecule has 1 fully saturated rings. The van der Waals surface area contributed by atoms with E-state index < -0.39 is 0 Å². The molecule has 1 aliphatic rings. The molecule has 3 nitrogen and oxygen atoms in total. The molecule has 0 saturated carbocycles. The summed E-state index contributed by atoms with van der Waals surface area (Å²) in [6, 6.07) is 6.41. The number of aromatic nitrogens is 1. The highest BCUT2D eigenvalue weighted by molar-refractivity contribution is 6.65. The van der Waals surface area contributed by atoms with Gasteiger partial charge in [0.2, 0.25) is 0 Å². The van der Waals surface area contributed by atoms with Crippen molar-refractivity contribution < 1.29 is 9.31 Å². The topological polar surface area (TPSA) is 34.2 Å². The van der Waals surface area contributed by atoms with E-state index in [1.807, 2.05) is 0 Å². The van der Waals surface area contributed by atoms with E-state index in [9.17, 15) is 0 Å². The van der Waals surface area contributed by atoms with Crippen LogP contribution in [0.1, 0.15) is 39.0 Å². The smallest absolute Gasteiger partial charge is 0.399 e. The van der Waals surface area contributed by atoms with Crippen molar-refractivity contribution in [1.29, 1.82) is 0 Å². The van der Waals surface area contributed by atoms with E-state index in [1.165, 1.54) is 16.5 Å². The summed E-state index contributed by atoms with van der Waals surface area (Å²) in [6.07, 6.45) is 0. The number of fused-ring (bicyclic) bond motifs is 1. The van der Waals surface area contributed by atoms with Crippen LogP contribution in [0.15, 0.2) is 18.2 Å². The Balaban J connectivity index is 2.11. The number of aromatic amines is 1. The second-order valence-electron chi connectivity index (χ2n) is 6.80. The third-order valence-electron chi connectivity index (χ3n) is 4.68. The monoisotopic (exact) mass is 271 g/mol. The molecular weight excluding hydrogens is 249 g/mol. The lowest BCUT2D eigenvalue weighted by atomic mass is 9.76. The zero-order chi connectivity index (χ0) is 14.7. The Bertz CT molecular complexity index is 656. The summed E-state index contributed by atoms with van der Waals surface area (Å²) >= 11 is 0. The van der Waals surface area contributed by atoms with Crippen molar-refractivity contribution in [3.63, 3.8) is 0 Å². The largest absolute Gasteiger partial charge is 0.495 e. The van der Waals surface area contributed by atoms with Gasteiger partial charge in [-0.1, -0.05) is 12.1 Å². The van der Waals surface area contributed by atoms with Gasteiger partial charge in [0, 0.05) is 11.2 Å². The molecule has 4 heteroatoms. The molecule has 1 N–H and O–H groups in total. The van der Waals surface area contributed by atoms with Gasteiger partial charge in [-0.3, -0.25) is 0 Å². The summed E-state index contributed by atoms with van der Waals surface area (Å²) < 4.78 is 12.3. The standard InChI is InChI=1S/C16H22BNO2/c1-10-7-8-13(12-9-11(2)18-14(10)12)17-19-15(3,4)16(5,6)20-17/h7-9,18H,1-6H3. The van der Waals surface area contributed by atoms with Gasteiger partial charge in [0.1, 0.15) is 0 Å². The van der Waals surface area contributed by atoms with E-state index in [-0.39, 0.29) is 18.3 Å². The van der Waals surface area contributed by atoms with Gasteiger partial charge in [0.25, 0.3) is 0 Å². The molecule has 1 aromatic heterocycles. The van der Waals surface area contributed by atoms with Crippen LogP contribution in [0.2, 0.25) is 0 Å². The van der Waals surface area contributed by atoms with Crippen LogP contribution < -0.4 is 5.46 Å². The minimum Gasteiger partial charge on any atom is -0.399 e. The molecule has 0 aliphatic carbocycles. The first kappa shape index (κ1) is 13.7. The highest BCUT2D eigenvalue weighted by Gasteiger charge is 2.52. The number of nitrogens with one attached hydrogen (secondary N) is 1. The molecule has 0 amide bonds. The van der Waals surface area contributed by atoms with Crippen LogP contribution in [0.3, 0.4) is 0 Å². The summed E-state index contributed by atoms with van der Waals surface area (Å²) in [5.41, 5.74) is 4.07. The Morgan fingerprint density at radius 2 is 1.60 bits per heavy atom. The molecule has 0 bridgehead atoms. The van der Waals surface area contributed by atoms with Gasteiger partial charge >= 0.3 is 7.12 Å². The molecule has 0 spiro atoms. The lowest BCUT2D eigenvalue weighted by Gasteiger charge is -2.32. The maximum Gasteiger partial charge on any atom is 0.495 e. The Morgan fingerprint density at radius 1 is 1.00 bits per heavy atom. The summed E-state index contributed by atoms with van der Waals surface area (Å²) in [5, 5.41) is 1.20. The Hall–Kier alpha value is -1.26. The second kappa shape index (κ2) is 4.12. The second-order valence-corrected chi connectivity index (χ2v) is 6.80. The van der Waals surface area contributed by atoms with E-state index in [4.69, 9.17) is 9.31 Å². The summed E-state index contributed by atoms with van der Waals surface area (Å²) in [5.74, 6) is 0. The molecule has 1 saturated heterocycles. The van der Waals surface area contributed by atoms with Gasteiger partial charge in [-0.25, -0.2) is 0 Å².